The second-order valence-electron chi connectivity index (χ2n) is 7.93. The maximum absolute atomic E-state index is 13.1. The Kier molecular flexibility index (Phi) is 7.60. The summed E-state index contributed by atoms with van der Waals surface area (Å²) in [5.41, 5.74) is 8.18. The number of nitrogens with one attached hydrogen (secondary N) is 1. The number of rotatable bonds is 9. The average molecular weight is 455 g/mol. The van der Waals surface area contributed by atoms with Crippen LogP contribution in [-0.4, -0.2) is 38.7 Å². The fourth-order valence-electron chi connectivity index (χ4n) is 3.45. The van der Waals surface area contributed by atoms with Crippen molar-refractivity contribution in [3.05, 3.63) is 47.0 Å². The van der Waals surface area contributed by atoms with Crippen molar-refractivity contribution in [3.63, 3.8) is 0 Å². The summed E-state index contributed by atoms with van der Waals surface area (Å²) < 4.78 is 21.5. The largest absolute Gasteiger partial charge is 0.495 e. The van der Waals surface area contributed by atoms with Crippen LogP contribution in [-0.2, 0) is 4.79 Å². The summed E-state index contributed by atoms with van der Waals surface area (Å²) in [5.74, 6) is 1.46. The highest BCUT2D eigenvalue weighted by Crippen LogP contribution is 2.42. The highest BCUT2D eigenvalue weighted by atomic mass is 16.7. The van der Waals surface area contributed by atoms with Crippen LogP contribution in [0.5, 0.6) is 23.0 Å². The van der Waals surface area contributed by atoms with Gasteiger partial charge in [-0.2, -0.15) is 0 Å². The molecule has 2 aromatic carbocycles. The number of hydrogen-bond acceptors (Lipinski definition) is 7. The quantitative estimate of drug-likeness (QED) is 0.435. The van der Waals surface area contributed by atoms with Gasteiger partial charge >= 0.3 is 0 Å². The summed E-state index contributed by atoms with van der Waals surface area (Å²) >= 11 is 0. The number of carbonyl (C=O) groups excluding carboxylic acids is 2. The van der Waals surface area contributed by atoms with Crippen LogP contribution in [0, 0.1) is 5.92 Å². The summed E-state index contributed by atoms with van der Waals surface area (Å²) in [6.45, 7) is 5.72. The standard InChI is InChI=1S/C25H30N2O6/c1-6-14(2)22(26)25(29)27-18-10-16(7-8-19(18)30-4)9-15(3)23(28)17-11-20(31-5)24-21(12-17)32-13-33-24/h7-12,14,22H,6,13,26H2,1-5H3,(H,27,29). The van der Waals surface area contributed by atoms with E-state index in [1.807, 2.05) is 13.8 Å². The molecule has 0 spiro atoms. The van der Waals surface area contributed by atoms with Gasteiger partial charge in [0, 0.05) is 5.56 Å². The molecule has 0 radical (unpaired) electrons. The van der Waals surface area contributed by atoms with Crippen LogP contribution < -0.4 is 30.0 Å². The molecular formula is C25H30N2O6. The first kappa shape index (κ1) is 24.1. The number of ketones is 1. The van der Waals surface area contributed by atoms with Crippen molar-refractivity contribution in [2.45, 2.75) is 33.2 Å². The molecule has 0 fully saturated rings. The van der Waals surface area contributed by atoms with E-state index in [2.05, 4.69) is 5.32 Å². The zero-order valence-corrected chi connectivity index (χ0v) is 19.6. The topological polar surface area (TPSA) is 109 Å². The van der Waals surface area contributed by atoms with E-state index in [4.69, 9.17) is 24.7 Å². The van der Waals surface area contributed by atoms with Crippen LogP contribution >= 0.6 is 0 Å². The SMILES string of the molecule is CCC(C)C(N)C(=O)Nc1cc(C=C(C)C(=O)c2cc(OC)c3c(c2)OCO3)ccc1OC. The Morgan fingerprint density at radius 2 is 1.88 bits per heavy atom. The second kappa shape index (κ2) is 10.4. The van der Waals surface area contributed by atoms with Gasteiger partial charge in [0.2, 0.25) is 18.4 Å². The van der Waals surface area contributed by atoms with E-state index in [-0.39, 0.29) is 24.4 Å². The molecule has 0 saturated heterocycles. The second-order valence-corrected chi connectivity index (χ2v) is 7.93. The summed E-state index contributed by atoms with van der Waals surface area (Å²) in [5, 5.41) is 2.84. The molecule has 0 bridgehead atoms. The van der Waals surface area contributed by atoms with Crippen LogP contribution in [0.15, 0.2) is 35.9 Å². The zero-order valence-electron chi connectivity index (χ0n) is 19.6. The molecule has 33 heavy (non-hydrogen) atoms. The molecule has 0 saturated carbocycles. The number of methoxy groups -OCH3 is 2. The molecule has 1 aliphatic heterocycles. The van der Waals surface area contributed by atoms with Crippen molar-refractivity contribution in [1.82, 2.24) is 0 Å². The number of benzene rings is 2. The summed E-state index contributed by atoms with van der Waals surface area (Å²) in [6, 6.07) is 7.92. The molecule has 3 N–H and O–H groups in total. The van der Waals surface area contributed by atoms with E-state index in [9.17, 15) is 9.59 Å². The molecule has 1 amide bonds. The van der Waals surface area contributed by atoms with Gasteiger partial charge in [0.05, 0.1) is 25.9 Å². The highest BCUT2D eigenvalue weighted by Gasteiger charge is 2.23. The van der Waals surface area contributed by atoms with Crippen LogP contribution in [0.2, 0.25) is 0 Å². The monoisotopic (exact) mass is 454 g/mol. The number of allylic oxidation sites excluding steroid dienone is 1. The number of fused-ring (bicyclic) bond motifs is 1. The smallest absolute Gasteiger partial charge is 0.241 e. The van der Waals surface area contributed by atoms with E-state index in [0.29, 0.717) is 39.8 Å². The predicted octanol–water partition coefficient (Wildman–Crippen LogP) is 4.03. The average Bonchev–Trinajstić information content (AvgIpc) is 3.30. The lowest BCUT2D eigenvalue weighted by Gasteiger charge is -2.19. The van der Waals surface area contributed by atoms with Crippen LogP contribution in [0.25, 0.3) is 6.08 Å². The third-order valence-electron chi connectivity index (χ3n) is 5.70. The number of nitrogens with two attached hydrogens (primary N) is 1. The van der Waals surface area contributed by atoms with Crippen molar-refractivity contribution in [2.75, 3.05) is 26.3 Å². The van der Waals surface area contributed by atoms with E-state index in [0.717, 1.165) is 12.0 Å². The van der Waals surface area contributed by atoms with Crippen molar-refractivity contribution in [3.8, 4) is 23.0 Å². The number of hydrogen-bond donors (Lipinski definition) is 2. The van der Waals surface area contributed by atoms with Gasteiger partial charge < -0.3 is 30.0 Å². The highest BCUT2D eigenvalue weighted by molar-refractivity contribution is 6.11. The Balaban J connectivity index is 1.86. The van der Waals surface area contributed by atoms with Crippen molar-refractivity contribution < 1.29 is 28.5 Å². The molecule has 1 aliphatic rings. The van der Waals surface area contributed by atoms with Crippen LogP contribution in [0.1, 0.15) is 43.1 Å². The summed E-state index contributed by atoms with van der Waals surface area (Å²) in [7, 11) is 3.03. The normalized spacial score (nSPS) is 14.4. The van der Waals surface area contributed by atoms with E-state index in [1.165, 1.54) is 14.2 Å². The molecule has 0 aromatic heterocycles. The first-order valence-electron chi connectivity index (χ1n) is 10.7. The molecule has 8 nitrogen and oxygen atoms in total. The lowest BCUT2D eigenvalue weighted by atomic mass is 9.99. The van der Waals surface area contributed by atoms with Crippen molar-refractivity contribution in [1.29, 1.82) is 0 Å². The predicted molar refractivity (Wildman–Crippen MR) is 126 cm³/mol. The number of anilines is 1. The summed E-state index contributed by atoms with van der Waals surface area (Å²) in [4.78, 5) is 25.6. The van der Waals surface area contributed by atoms with Gasteiger partial charge in [-0.3, -0.25) is 9.59 Å². The maximum atomic E-state index is 13.1. The van der Waals surface area contributed by atoms with Gasteiger partial charge in [-0.15, -0.1) is 0 Å². The number of ether oxygens (including phenoxy) is 4. The van der Waals surface area contributed by atoms with Crippen molar-refractivity contribution >= 4 is 23.5 Å². The minimum absolute atomic E-state index is 0.0395. The van der Waals surface area contributed by atoms with Crippen LogP contribution in [0.3, 0.4) is 0 Å². The molecule has 3 rings (SSSR count). The molecular weight excluding hydrogens is 424 g/mol. The van der Waals surface area contributed by atoms with Gasteiger partial charge in [0.15, 0.2) is 17.3 Å². The number of amides is 1. The minimum Gasteiger partial charge on any atom is -0.495 e. The third kappa shape index (κ3) is 5.28. The first-order valence-corrected chi connectivity index (χ1v) is 10.7. The molecule has 8 heteroatoms. The van der Waals surface area contributed by atoms with Gasteiger partial charge in [0.1, 0.15) is 5.75 Å². The Hall–Kier alpha value is -3.52. The molecule has 1 heterocycles. The van der Waals surface area contributed by atoms with E-state index < -0.39 is 6.04 Å². The van der Waals surface area contributed by atoms with E-state index in [1.54, 1.807) is 43.3 Å². The van der Waals surface area contributed by atoms with Gasteiger partial charge in [0.25, 0.3) is 0 Å². The fourth-order valence-corrected chi connectivity index (χ4v) is 3.45. The Bertz CT molecular complexity index is 1080. The van der Waals surface area contributed by atoms with Gasteiger partial charge in [-0.05, 0) is 54.3 Å². The molecule has 2 aromatic rings. The van der Waals surface area contributed by atoms with Gasteiger partial charge in [-0.1, -0.05) is 26.3 Å². The summed E-state index contributed by atoms with van der Waals surface area (Å²) in [6.07, 6.45) is 2.53. The molecule has 176 valence electrons. The Morgan fingerprint density at radius 1 is 1.15 bits per heavy atom. The molecule has 0 aliphatic carbocycles. The molecule has 2 atom stereocenters. The Morgan fingerprint density at radius 3 is 2.55 bits per heavy atom. The number of Topliss-reactive ketones (excluding diaryl/α,β-unsaturated/α-hetero) is 1. The van der Waals surface area contributed by atoms with E-state index >= 15 is 0 Å². The van der Waals surface area contributed by atoms with Crippen molar-refractivity contribution in [2.24, 2.45) is 11.7 Å². The number of carbonyl (C=O) groups is 2. The maximum Gasteiger partial charge on any atom is 0.241 e. The lowest BCUT2D eigenvalue weighted by Crippen LogP contribution is -2.40. The minimum atomic E-state index is -0.636. The first-order chi connectivity index (χ1) is 15.8. The van der Waals surface area contributed by atoms with Crippen LogP contribution in [0.4, 0.5) is 5.69 Å². The van der Waals surface area contributed by atoms with Gasteiger partial charge in [-0.25, -0.2) is 0 Å². The fraction of sp³-hybridized carbons (Fsp3) is 0.360. The Labute approximate surface area is 193 Å². The zero-order chi connectivity index (χ0) is 24.1. The third-order valence-corrected chi connectivity index (χ3v) is 5.70. The molecule has 2 unspecified atom stereocenters. The lowest BCUT2D eigenvalue weighted by molar-refractivity contribution is -0.118.